The SMILES string of the molecule is CN(C)c1ncc(-c2cccc(Cl)c2)c(C2CCCN(C(=O)c3ccccc3)C2)n1. The zero-order valence-electron chi connectivity index (χ0n) is 17.3. The van der Waals surface area contributed by atoms with Crippen molar-refractivity contribution < 1.29 is 4.79 Å². The maximum Gasteiger partial charge on any atom is 0.253 e. The van der Waals surface area contributed by atoms with Gasteiger partial charge in [0.1, 0.15) is 0 Å². The van der Waals surface area contributed by atoms with Crippen molar-refractivity contribution in [3.05, 3.63) is 77.1 Å². The molecule has 1 atom stereocenters. The Hall–Kier alpha value is -2.92. The average Bonchev–Trinajstić information content (AvgIpc) is 2.79. The Labute approximate surface area is 182 Å². The molecule has 1 saturated heterocycles. The van der Waals surface area contributed by atoms with E-state index < -0.39 is 0 Å². The number of amides is 1. The van der Waals surface area contributed by atoms with E-state index in [0.717, 1.165) is 41.8 Å². The monoisotopic (exact) mass is 420 g/mol. The highest BCUT2D eigenvalue weighted by atomic mass is 35.5. The number of likely N-dealkylation sites (tertiary alicyclic amines) is 1. The van der Waals surface area contributed by atoms with Crippen LogP contribution in [0.4, 0.5) is 5.95 Å². The van der Waals surface area contributed by atoms with E-state index >= 15 is 0 Å². The van der Waals surface area contributed by atoms with E-state index in [-0.39, 0.29) is 11.8 Å². The molecule has 1 aliphatic rings. The number of rotatable bonds is 4. The molecular formula is C24H25ClN4O. The molecule has 154 valence electrons. The van der Waals surface area contributed by atoms with Gasteiger partial charge in [-0.1, -0.05) is 41.9 Å². The van der Waals surface area contributed by atoms with Gasteiger partial charge >= 0.3 is 0 Å². The third-order valence-electron chi connectivity index (χ3n) is 5.46. The Morgan fingerprint density at radius 1 is 1.13 bits per heavy atom. The van der Waals surface area contributed by atoms with Crippen molar-refractivity contribution in [1.29, 1.82) is 0 Å². The minimum atomic E-state index is 0.0755. The van der Waals surface area contributed by atoms with Crippen molar-refractivity contribution in [2.24, 2.45) is 0 Å². The van der Waals surface area contributed by atoms with Crippen molar-refractivity contribution in [1.82, 2.24) is 14.9 Å². The first-order chi connectivity index (χ1) is 14.5. The maximum atomic E-state index is 13.0. The fourth-order valence-electron chi connectivity index (χ4n) is 3.94. The van der Waals surface area contributed by atoms with Gasteiger partial charge in [0.15, 0.2) is 0 Å². The number of nitrogens with zero attached hydrogens (tertiary/aromatic N) is 4. The van der Waals surface area contributed by atoms with E-state index in [4.69, 9.17) is 16.6 Å². The predicted molar refractivity (Wildman–Crippen MR) is 121 cm³/mol. The van der Waals surface area contributed by atoms with Gasteiger partial charge in [-0.25, -0.2) is 9.97 Å². The van der Waals surface area contributed by atoms with Crippen molar-refractivity contribution in [3.8, 4) is 11.1 Å². The van der Waals surface area contributed by atoms with E-state index in [9.17, 15) is 4.79 Å². The van der Waals surface area contributed by atoms with Gasteiger partial charge in [0.05, 0.1) is 5.69 Å². The zero-order valence-corrected chi connectivity index (χ0v) is 18.0. The molecule has 2 aromatic carbocycles. The number of carbonyl (C=O) groups is 1. The van der Waals surface area contributed by atoms with Crippen LogP contribution in [0.3, 0.4) is 0 Å². The first kappa shape index (κ1) is 20.4. The lowest BCUT2D eigenvalue weighted by molar-refractivity contribution is 0.0706. The number of piperidine rings is 1. The summed E-state index contributed by atoms with van der Waals surface area (Å²) in [5.74, 6) is 0.885. The normalized spacial score (nSPS) is 16.4. The van der Waals surface area contributed by atoms with Crippen LogP contribution in [0, 0.1) is 0 Å². The van der Waals surface area contributed by atoms with Gasteiger partial charge in [0, 0.05) is 55.4 Å². The smallest absolute Gasteiger partial charge is 0.253 e. The van der Waals surface area contributed by atoms with Crippen molar-refractivity contribution in [3.63, 3.8) is 0 Å². The van der Waals surface area contributed by atoms with Crippen LogP contribution < -0.4 is 4.90 Å². The molecule has 0 radical (unpaired) electrons. The van der Waals surface area contributed by atoms with E-state index in [2.05, 4.69) is 4.98 Å². The van der Waals surface area contributed by atoms with Gasteiger partial charge in [-0.2, -0.15) is 0 Å². The molecule has 3 aromatic rings. The van der Waals surface area contributed by atoms with Crippen LogP contribution in [0.2, 0.25) is 5.02 Å². The number of benzene rings is 2. The lowest BCUT2D eigenvalue weighted by atomic mass is 9.89. The zero-order chi connectivity index (χ0) is 21.1. The van der Waals surface area contributed by atoms with Crippen molar-refractivity contribution >= 4 is 23.5 Å². The van der Waals surface area contributed by atoms with Crippen LogP contribution in [-0.4, -0.2) is 48.0 Å². The number of hydrogen-bond donors (Lipinski definition) is 0. The molecule has 30 heavy (non-hydrogen) atoms. The van der Waals surface area contributed by atoms with Crippen LogP contribution >= 0.6 is 11.6 Å². The summed E-state index contributed by atoms with van der Waals surface area (Å²) in [6.07, 6.45) is 3.80. The predicted octanol–water partition coefficient (Wildman–Crippen LogP) is 4.88. The van der Waals surface area contributed by atoms with Crippen molar-refractivity contribution in [2.75, 3.05) is 32.1 Å². The standard InChI is InChI=1S/C24H25ClN4O/c1-28(2)24-26-15-21(18-10-6-12-20(25)14-18)22(27-24)19-11-7-13-29(16-19)23(30)17-8-4-3-5-9-17/h3-6,8-10,12,14-15,19H,7,11,13,16H2,1-2H3. The summed E-state index contributed by atoms with van der Waals surface area (Å²) < 4.78 is 0. The Kier molecular flexibility index (Phi) is 6.00. The summed E-state index contributed by atoms with van der Waals surface area (Å²) >= 11 is 6.25. The molecule has 0 aliphatic carbocycles. The highest BCUT2D eigenvalue weighted by Crippen LogP contribution is 2.35. The number of carbonyl (C=O) groups excluding carboxylic acids is 1. The minimum absolute atomic E-state index is 0.0755. The quantitative estimate of drug-likeness (QED) is 0.603. The second-order valence-corrected chi connectivity index (χ2v) is 8.27. The van der Waals surface area contributed by atoms with Crippen LogP contribution in [0.1, 0.15) is 34.8 Å². The topological polar surface area (TPSA) is 49.3 Å². The Balaban J connectivity index is 1.69. The van der Waals surface area contributed by atoms with Crippen LogP contribution in [0.15, 0.2) is 60.8 Å². The third kappa shape index (κ3) is 4.31. The summed E-state index contributed by atoms with van der Waals surface area (Å²) in [4.78, 5) is 26.3. The van der Waals surface area contributed by atoms with E-state index in [0.29, 0.717) is 17.5 Å². The number of aromatic nitrogens is 2. The lowest BCUT2D eigenvalue weighted by Gasteiger charge is -2.33. The summed E-state index contributed by atoms with van der Waals surface area (Å²) in [6.45, 7) is 1.41. The largest absolute Gasteiger partial charge is 0.347 e. The van der Waals surface area contributed by atoms with Gasteiger partial charge in [-0.3, -0.25) is 4.79 Å². The van der Waals surface area contributed by atoms with Crippen LogP contribution in [0.25, 0.3) is 11.1 Å². The highest BCUT2D eigenvalue weighted by Gasteiger charge is 2.29. The van der Waals surface area contributed by atoms with Gasteiger partial charge in [-0.15, -0.1) is 0 Å². The first-order valence-electron chi connectivity index (χ1n) is 10.2. The Morgan fingerprint density at radius 3 is 2.67 bits per heavy atom. The van der Waals surface area contributed by atoms with Crippen LogP contribution in [-0.2, 0) is 0 Å². The van der Waals surface area contributed by atoms with E-state index in [1.54, 1.807) is 0 Å². The fourth-order valence-corrected chi connectivity index (χ4v) is 4.13. The van der Waals surface area contributed by atoms with Crippen molar-refractivity contribution in [2.45, 2.75) is 18.8 Å². The summed E-state index contributed by atoms with van der Waals surface area (Å²) in [5, 5.41) is 0.680. The molecule has 0 saturated carbocycles. The molecule has 1 fully saturated rings. The van der Waals surface area contributed by atoms with Gasteiger partial charge < -0.3 is 9.80 Å². The molecule has 1 amide bonds. The maximum absolute atomic E-state index is 13.0. The molecular weight excluding hydrogens is 396 g/mol. The average molecular weight is 421 g/mol. The first-order valence-corrected chi connectivity index (χ1v) is 10.6. The molecule has 1 unspecified atom stereocenters. The summed E-state index contributed by atoms with van der Waals surface area (Å²) in [7, 11) is 3.87. The molecule has 1 aliphatic heterocycles. The van der Waals surface area contributed by atoms with Crippen LogP contribution in [0.5, 0.6) is 0 Å². The molecule has 6 heteroatoms. The molecule has 0 spiro atoms. The molecule has 0 N–H and O–H groups in total. The summed E-state index contributed by atoms with van der Waals surface area (Å²) in [6, 6.07) is 17.2. The van der Waals surface area contributed by atoms with Gasteiger partial charge in [0.25, 0.3) is 5.91 Å². The highest BCUT2D eigenvalue weighted by molar-refractivity contribution is 6.30. The third-order valence-corrected chi connectivity index (χ3v) is 5.69. The number of hydrogen-bond acceptors (Lipinski definition) is 4. The second kappa shape index (κ2) is 8.84. The van der Waals surface area contributed by atoms with E-state index in [1.165, 1.54) is 0 Å². The number of anilines is 1. The minimum Gasteiger partial charge on any atom is -0.347 e. The van der Waals surface area contributed by atoms with Gasteiger partial charge in [-0.05, 0) is 42.7 Å². The Bertz CT molecular complexity index is 1040. The summed E-state index contributed by atoms with van der Waals surface area (Å²) in [5.41, 5.74) is 3.67. The second-order valence-electron chi connectivity index (χ2n) is 7.83. The molecule has 2 heterocycles. The molecule has 5 nitrogen and oxygen atoms in total. The Morgan fingerprint density at radius 2 is 1.93 bits per heavy atom. The fraction of sp³-hybridized carbons (Fsp3) is 0.292. The molecule has 1 aromatic heterocycles. The lowest BCUT2D eigenvalue weighted by Crippen LogP contribution is -2.39. The number of halogens is 1. The molecule has 0 bridgehead atoms. The van der Waals surface area contributed by atoms with E-state index in [1.807, 2.05) is 84.7 Å². The van der Waals surface area contributed by atoms with Gasteiger partial charge in [0.2, 0.25) is 5.95 Å². The molecule has 4 rings (SSSR count).